The summed E-state index contributed by atoms with van der Waals surface area (Å²) in [5, 5.41) is 13.2. The first-order valence-electron chi connectivity index (χ1n) is 13.0. The van der Waals surface area contributed by atoms with Gasteiger partial charge >= 0.3 is 0 Å². The van der Waals surface area contributed by atoms with E-state index in [1.165, 1.54) is 32.1 Å². The number of amides is 2. The molecular formula is C28H41N3O2. The predicted octanol–water partition coefficient (Wildman–Crippen LogP) is 5.35. The summed E-state index contributed by atoms with van der Waals surface area (Å²) in [6.07, 6.45) is 10.7. The zero-order valence-corrected chi connectivity index (χ0v) is 20.5. The van der Waals surface area contributed by atoms with Crippen LogP contribution in [0.25, 0.3) is 0 Å². The topological polar surface area (TPSA) is 73.2 Å². The lowest BCUT2D eigenvalue weighted by molar-refractivity contribution is -0.138. The lowest BCUT2D eigenvalue weighted by atomic mass is 9.69. The van der Waals surface area contributed by atoms with E-state index in [1.54, 1.807) is 4.90 Å². The van der Waals surface area contributed by atoms with E-state index in [9.17, 15) is 14.9 Å². The van der Waals surface area contributed by atoms with Crippen LogP contribution in [0.5, 0.6) is 0 Å². The maximum absolute atomic E-state index is 12.9. The molecule has 1 heterocycles. The van der Waals surface area contributed by atoms with Crippen molar-refractivity contribution in [2.45, 2.75) is 95.9 Å². The molecule has 0 radical (unpaired) electrons. The monoisotopic (exact) mass is 451 g/mol. The Kier molecular flexibility index (Phi) is 9.35. The molecule has 33 heavy (non-hydrogen) atoms. The minimum Gasteiger partial charge on any atom is -0.354 e. The van der Waals surface area contributed by atoms with Gasteiger partial charge in [0.25, 0.3) is 0 Å². The van der Waals surface area contributed by atoms with E-state index >= 15 is 0 Å². The molecule has 180 valence electrons. The average molecular weight is 452 g/mol. The molecule has 2 aliphatic rings. The van der Waals surface area contributed by atoms with Crippen LogP contribution in [0.4, 0.5) is 0 Å². The minimum absolute atomic E-state index is 0.0267. The molecule has 1 saturated heterocycles. The van der Waals surface area contributed by atoms with Gasteiger partial charge in [0, 0.05) is 19.5 Å². The van der Waals surface area contributed by atoms with Gasteiger partial charge in [-0.05, 0) is 55.9 Å². The van der Waals surface area contributed by atoms with Gasteiger partial charge in [-0.1, -0.05) is 69.9 Å². The van der Waals surface area contributed by atoms with Crippen LogP contribution in [0.15, 0.2) is 30.3 Å². The molecule has 0 bridgehead atoms. The van der Waals surface area contributed by atoms with Gasteiger partial charge in [0.2, 0.25) is 11.8 Å². The Hall–Kier alpha value is -2.35. The first-order valence-corrected chi connectivity index (χ1v) is 13.0. The molecule has 0 aromatic heterocycles. The summed E-state index contributed by atoms with van der Waals surface area (Å²) in [7, 11) is 0. The summed E-state index contributed by atoms with van der Waals surface area (Å²) >= 11 is 0. The van der Waals surface area contributed by atoms with Crippen molar-refractivity contribution in [3.63, 3.8) is 0 Å². The van der Waals surface area contributed by atoms with Crippen molar-refractivity contribution in [1.29, 1.82) is 5.26 Å². The van der Waals surface area contributed by atoms with Crippen molar-refractivity contribution in [2.24, 2.45) is 11.8 Å². The molecule has 1 aliphatic heterocycles. The van der Waals surface area contributed by atoms with Gasteiger partial charge in [-0.15, -0.1) is 0 Å². The molecule has 5 heteroatoms. The maximum atomic E-state index is 12.9. The number of carbonyl (C=O) groups excluding carboxylic acids is 2. The maximum Gasteiger partial charge on any atom is 0.242 e. The molecule has 1 aliphatic carbocycles. The smallest absolute Gasteiger partial charge is 0.242 e. The van der Waals surface area contributed by atoms with E-state index in [0.717, 1.165) is 44.2 Å². The number of hydrogen-bond donors (Lipinski definition) is 1. The number of nitrogens with one attached hydrogen (secondary N) is 1. The molecule has 1 saturated carbocycles. The van der Waals surface area contributed by atoms with Crippen LogP contribution in [0.2, 0.25) is 0 Å². The minimum atomic E-state index is -0.528. The van der Waals surface area contributed by atoms with Gasteiger partial charge < -0.3 is 10.2 Å². The number of rotatable bonds is 10. The highest BCUT2D eigenvalue weighted by atomic mass is 16.2. The lowest BCUT2D eigenvalue weighted by Crippen LogP contribution is -2.47. The standard InChI is InChI=1S/C28H41N3O2/c1-22(2)28(21-29,24-14-7-4-8-15-24)18-10-9-17-26(32)31-19-11-16-25(31)27(33)30-20-23-12-5-3-6-13-23/h4,7-8,14-15,22-23,25H,3,5-6,9-13,16-20H2,1-2H3,(H,30,33)/t25-,28?/m1/s1. The van der Waals surface area contributed by atoms with Crippen molar-refractivity contribution < 1.29 is 9.59 Å². The summed E-state index contributed by atoms with van der Waals surface area (Å²) < 4.78 is 0. The number of benzene rings is 1. The summed E-state index contributed by atoms with van der Waals surface area (Å²) in [6, 6.07) is 12.3. The Labute approximate surface area is 199 Å². The number of likely N-dealkylation sites (tertiary alicyclic amines) is 1. The Balaban J connectivity index is 1.48. The highest BCUT2D eigenvalue weighted by Crippen LogP contribution is 2.37. The molecule has 1 unspecified atom stereocenters. The van der Waals surface area contributed by atoms with Crippen LogP contribution in [0.1, 0.15) is 90.0 Å². The predicted molar refractivity (Wildman–Crippen MR) is 131 cm³/mol. The Morgan fingerprint density at radius 3 is 2.48 bits per heavy atom. The lowest BCUT2D eigenvalue weighted by Gasteiger charge is -2.31. The van der Waals surface area contributed by atoms with Gasteiger partial charge in [-0.2, -0.15) is 5.26 Å². The van der Waals surface area contributed by atoms with Crippen molar-refractivity contribution in [1.82, 2.24) is 10.2 Å². The van der Waals surface area contributed by atoms with Crippen LogP contribution in [-0.2, 0) is 15.0 Å². The van der Waals surface area contributed by atoms with E-state index in [0.29, 0.717) is 18.9 Å². The highest BCUT2D eigenvalue weighted by Gasteiger charge is 2.36. The molecule has 3 rings (SSSR count). The fourth-order valence-electron chi connectivity index (χ4n) is 5.67. The molecular weight excluding hydrogens is 410 g/mol. The zero-order valence-electron chi connectivity index (χ0n) is 20.5. The number of hydrogen-bond acceptors (Lipinski definition) is 3. The van der Waals surface area contributed by atoms with Crippen molar-refractivity contribution >= 4 is 11.8 Å². The first kappa shape index (κ1) is 25.3. The SMILES string of the molecule is CC(C)C(C#N)(CCCCC(=O)N1CCC[C@@H]1C(=O)NCC1CCCCC1)c1ccccc1. The quantitative estimate of drug-likeness (QED) is 0.487. The van der Waals surface area contributed by atoms with Gasteiger partial charge in [0.1, 0.15) is 6.04 Å². The largest absolute Gasteiger partial charge is 0.354 e. The Morgan fingerprint density at radius 1 is 1.09 bits per heavy atom. The fourth-order valence-corrected chi connectivity index (χ4v) is 5.67. The van der Waals surface area contributed by atoms with E-state index < -0.39 is 5.41 Å². The van der Waals surface area contributed by atoms with Crippen LogP contribution < -0.4 is 5.32 Å². The summed E-state index contributed by atoms with van der Waals surface area (Å²) in [4.78, 5) is 27.5. The first-order chi connectivity index (χ1) is 16.0. The molecule has 1 aromatic carbocycles. The second kappa shape index (κ2) is 12.2. The van der Waals surface area contributed by atoms with Gasteiger partial charge in [0.05, 0.1) is 11.5 Å². The van der Waals surface area contributed by atoms with Gasteiger partial charge in [-0.25, -0.2) is 0 Å². The zero-order chi connectivity index (χ0) is 23.7. The van der Waals surface area contributed by atoms with Crippen molar-refractivity contribution in [3.05, 3.63) is 35.9 Å². The summed E-state index contributed by atoms with van der Waals surface area (Å²) in [5.41, 5.74) is 0.530. The van der Waals surface area contributed by atoms with Crippen molar-refractivity contribution in [2.75, 3.05) is 13.1 Å². The van der Waals surface area contributed by atoms with E-state index in [4.69, 9.17) is 0 Å². The molecule has 2 amide bonds. The Bertz CT molecular complexity index is 810. The second-order valence-corrected chi connectivity index (χ2v) is 10.3. The molecule has 0 spiro atoms. The number of carbonyl (C=O) groups is 2. The third-order valence-electron chi connectivity index (χ3n) is 7.85. The van der Waals surface area contributed by atoms with E-state index in [2.05, 4.69) is 25.2 Å². The van der Waals surface area contributed by atoms with Crippen LogP contribution >= 0.6 is 0 Å². The molecule has 1 aromatic rings. The molecule has 2 atom stereocenters. The molecule has 2 fully saturated rings. The van der Waals surface area contributed by atoms with E-state index in [1.807, 2.05) is 30.3 Å². The highest BCUT2D eigenvalue weighted by molar-refractivity contribution is 5.88. The molecule has 5 nitrogen and oxygen atoms in total. The third kappa shape index (κ3) is 6.37. The number of nitrogens with zero attached hydrogens (tertiary/aromatic N) is 2. The van der Waals surface area contributed by atoms with Gasteiger partial charge in [-0.3, -0.25) is 9.59 Å². The second-order valence-electron chi connectivity index (χ2n) is 10.3. The van der Waals surface area contributed by atoms with Crippen LogP contribution in [0, 0.1) is 23.2 Å². The number of unbranched alkanes of at least 4 members (excludes halogenated alkanes) is 1. The normalized spacial score (nSPS) is 20.9. The Morgan fingerprint density at radius 2 is 1.82 bits per heavy atom. The third-order valence-corrected chi connectivity index (χ3v) is 7.85. The van der Waals surface area contributed by atoms with Gasteiger partial charge in [0.15, 0.2) is 0 Å². The summed E-state index contributed by atoms with van der Waals surface area (Å²) in [5.74, 6) is 0.895. The summed E-state index contributed by atoms with van der Waals surface area (Å²) in [6.45, 7) is 5.63. The van der Waals surface area contributed by atoms with Crippen LogP contribution in [-0.4, -0.2) is 35.8 Å². The molecule has 1 N–H and O–H groups in total. The van der Waals surface area contributed by atoms with E-state index in [-0.39, 0.29) is 23.8 Å². The van der Waals surface area contributed by atoms with Crippen LogP contribution in [0.3, 0.4) is 0 Å². The fraction of sp³-hybridized carbons (Fsp3) is 0.679. The van der Waals surface area contributed by atoms with Crippen molar-refractivity contribution in [3.8, 4) is 6.07 Å². The number of nitriles is 1. The average Bonchev–Trinajstić information content (AvgIpc) is 3.34.